The molecule has 1 heteroatoms. The smallest absolute Gasteiger partial charge is 0.0465 e. The van der Waals surface area contributed by atoms with Gasteiger partial charge in [-0.3, -0.25) is 0 Å². The molecule has 0 fully saturated rings. The second kappa shape index (κ2) is 9.00. The van der Waals surface area contributed by atoms with E-state index in [1.54, 1.807) is 0 Å². The number of rotatable bonds is 8. The molecule has 0 aliphatic heterocycles. The highest BCUT2D eigenvalue weighted by molar-refractivity contribution is 5.65. The second-order valence-electron chi connectivity index (χ2n) is 4.42. The van der Waals surface area contributed by atoms with Crippen LogP contribution in [0.25, 0.3) is 5.57 Å². The minimum atomic E-state index is 0.241. The molecule has 1 nitrogen and oxygen atoms in total. The number of aliphatic hydroxyl groups is 1. The van der Waals surface area contributed by atoms with Crippen molar-refractivity contribution >= 4 is 5.57 Å². The van der Waals surface area contributed by atoms with E-state index < -0.39 is 0 Å². The maximum absolute atomic E-state index is 8.93. The summed E-state index contributed by atoms with van der Waals surface area (Å²) < 4.78 is 0. The Balaban J connectivity index is 2.55. The van der Waals surface area contributed by atoms with Crippen LogP contribution in [0, 0.1) is 0 Å². The van der Waals surface area contributed by atoms with Gasteiger partial charge in [-0.05, 0) is 30.4 Å². The van der Waals surface area contributed by atoms with Crippen molar-refractivity contribution in [1.82, 2.24) is 0 Å². The van der Waals surface area contributed by atoms with Gasteiger partial charge in [0.2, 0.25) is 0 Å². The lowest BCUT2D eigenvalue weighted by Crippen LogP contribution is -1.88. The van der Waals surface area contributed by atoms with Crippen LogP contribution in [-0.2, 0) is 0 Å². The van der Waals surface area contributed by atoms with Crippen LogP contribution in [0.5, 0.6) is 0 Å². The zero-order valence-corrected chi connectivity index (χ0v) is 10.9. The molecule has 0 bridgehead atoms. The first-order valence-electron chi connectivity index (χ1n) is 6.73. The Morgan fingerprint density at radius 2 is 1.88 bits per heavy atom. The minimum Gasteiger partial charge on any atom is -0.396 e. The van der Waals surface area contributed by atoms with E-state index in [0.717, 1.165) is 12.8 Å². The molecule has 17 heavy (non-hydrogen) atoms. The Labute approximate surface area is 105 Å². The van der Waals surface area contributed by atoms with Gasteiger partial charge in [0.25, 0.3) is 0 Å². The van der Waals surface area contributed by atoms with Gasteiger partial charge in [0.05, 0.1) is 0 Å². The van der Waals surface area contributed by atoms with Crippen molar-refractivity contribution in [1.29, 1.82) is 0 Å². The molecule has 94 valence electrons. The second-order valence-corrected chi connectivity index (χ2v) is 4.42. The summed E-state index contributed by atoms with van der Waals surface area (Å²) in [6.07, 6.45) is 9.23. The van der Waals surface area contributed by atoms with E-state index in [1.807, 2.05) is 6.07 Å². The van der Waals surface area contributed by atoms with E-state index in [-0.39, 0.29) is 6.61 Å². The monoisotopic (exact) mass is 232 g/mol. The minimum absolute atomic E-state index is 0.241. The fourth-order valence-electron chi connectivity index (χ4n) is 2.00. The third kappa shape index (κ3) is 5.69. The van der Waals surface area contributed by atoms with E-state index in [9.17, 15) is 0 Å². The molecule has 1 aromatic carbocycles. The Bertz CT molecular complexity index is 314. The maximum atomic E-state index is 8.93. The summed E-state index contributed by atoms with van der Waals surface area (Å²) in [4.78, 5) is 0. The van der Waals surface area contributed by atoms with Gasteiger partial charge in [-0.15, -0.1) is 0 Å². The van der Waals surface area contributed by atoms with Crippen LogP contribution in [0.3, 0.4) is 0 Å². The molecule has 0 spiro atoms. The summed E-state index contributed by atoms with van der Waals surface area (Å²) >= 11 is 0. The summed E-state index contributed by atoms with van der Waals surface area (Å²) in [6, 6.07) is 10.5. The molecule has 0 atom stereocenters. The first kappa shape index (κ1) is 14.0. The van der Waals surface area contributed by atoms with E-state index in [0.29, 0.717) is 0 Å². The average Bonchev–Trinajstić information content (AvgIpc) is 2.39. The third-order valence-corrected chi connectivity index (χ3v) is 2.96. The number of aliphatic hydroxyl groups excluding tert-OH is 1. The van der Waals surface area contributed by atoms with Gasteiger partial charge in [-0.25, -0.2) is 0 Å². The molecule has 0 saturated heterocycles. The maximum Gasteiger partial charge on any atom is 0.0465 e. The highest BCUT2D eigenvalue weighted by Gasteiger charge is 2.00. The van der Waals surface area contributed by atoms with Crippen molar-refractivity contribution in [3.63, 3.8) is 0 Å². The Hall–Kier alpha value is -1.08. The molecule has 1 rings (SSSR count). The van der Waals surface area contributed by atoms with E-state index in [4.69, 9.17) is 5.11 Å². The molecule has 0 unspecified atom stereocenters. The molecular formula is C16H24O. The van der Waals surface area contributed by atoms with E-state index in [2.05, 4.69) is 37.3 Å². The van der Waals surface area contributed by atoms with Crippen LogP contribution in [0.1, 0.15) is 51.0 Å². The molecule has 0 aliphatic rings. The summed E-state index contributed by atoms with van der Waals surface area (Å²) in [5.74, 6) is 0. The van der Waals surface area contributed by atoms with Gasteiger partial charge in [-0.1, -0.05) is 62.6 Å². The number of allylic oxidation sites excluding steroid dienone is 1. The van der Waals surface area contributed by atoms with Crippen molar-refractivity contribution < 1.29 is 5.11 Å². The highest BCUT2D eigenvalue weighted by atomic mass is 16.2. The molecule has 0 amide bonds. The number of hydrogen-bond donors (Lipinski definition) is 1. The molecule has 0 saturated carbocycles. The first-order valence-corrected chi connectivity index (χ1v) is 6.73. The number of unbranched alkanes of at least 4 members (excludes halogenated alkanes) is 3. The summed E-state index contributed by atoms with van der Waals surface area (Å²) in [6.45, 7) is 2.48. The Kier molecular flexibility index (Phi) is 7.40. The Morgan fingerprint density at radius 1 is 1.12 bits per heavy atom. The number of benzene rings is 1. The van der Waals surface area contributed by atoms with Crippen LogP contribution < -0.4 is 0 Å². The highest BCUT2D eigenvalue weighted by Crippen LogP contribution is 2.21. The van der Waals surface area contributed by atoms with E-state index in [1.165, 1.54) is 36.8 Å². The molecule has 0 heterocycles. The largest absolute Gasteiger partial charge is 0.396 e. The van der Waals surface area contributed by atoms with Gasteiger partial charge in [-0.2, -0.15) is 0 Å². The molecule has 0 radical (unpaired) electrons. The molecule has 1 N–H and O–H groups in total. The predicted octanol–water partition coefficient (Wildman–Crippen LogP) is 4.42. The average molecular weight is 232 g/mol. The standard InChI is InChI=1S/C16H24O/c1-2-3-4-6-10-16(13-9-14-17)15-11-7-5-8-12-15/h5,7-8,11-13,17H,2-4,6,9-10,14H2,1H3/b16-13+. The van der Waals surface area contributed by atoms with Gasteiger partial charge in [0, 0.05) is 6.61 Å². The van der Waals surface area contributed by atoms with E-state index >= 15 is 0 Å². The molecule has 1 aromatic rings. The van der Waals surface area contributed by atoms with Gasteiger partial charge < -0.3 is 5.11 Å². The molecule has 0 aliphatic carbocycles. The van der Waals surface area contributed by atoms with Crippen molar-refractivity contribution in [2.75, 3.05) is 6.61 Å². The summed E-state index contributed by atoms with van der Waals surface area (Å²) in [5.41, 5.74) is 2.69. The van der Waals surface area contributed by atoms with Crippen LogP contribution in [0.4, 0.5) is 0 Å². The van der Waals surface area contributed by atoms with Crippen molar-refractivity contribution in [2.45, 2.75) is 45.4 Å². The summed E-state index contributed by atoms with van der Waals surface area (Å²) in [5, 5.41) is 8.93. The van der Waals surface area contributed by atoms with Crippen LogP contribution >= 0.6 is 0 Å². The fraction of sp³-hybridized carbons (Fsp3) is 0.500. The fourth-order valence-corrected chi connectivity index (χ4v) is 2.00. The lowest BCUT2D eigenvalue weighted by molar-refractivity contribution is 0.302. The van der Waals surface area contributed by atoms with Crippen molar-refractivity contribution in [3.8, 4) is 0 Å². The topological polar surface area (TPSA) is 20.2 Å². The zero-order valence-electron chi connectivity index (χ0n) is 10.9. The van der Waals surface area contributed by atoms with Crippen molar-refractivity contribution in [2.24, 2.45) is 0 Å². The Morgan fingerprint density at radius 3 is 2.53 bits per heavy atom. The third-order valence-electron chi connectivity index (χ3n) is 2.96. The van der Waals surface area contributed by atoms with Gasteiger partial charge in [0.1, 0.15) is 0 Å². The lowest BCUT2D eigenvalue weighted by Gasteiger charge is -2.08. The van der Waals surface area contributed by atoms with Crippen LogP contribution in [0.15, 0.2) is 36.4 Å². The quantitative estimate of drug-likeness (QED) is 0.658. The van der Waals surface area contributed by atoms with Gasteiger partial charge >= 0.3 is 0 Å². The van der Waals surface area contributed by atoms with Crippen LogP contribution in [-0.4, -0.2) is 11.7 Å². The van der Waals surface area contributed by atoms with Crippen LogP contribution in [0.2, 0.25) is 0 Å². The molecule has 0 aromatic heterocycles. The summed E-state index contributed by atoms with van der Waals surface area (Å²) in [7, 11) is 0. The normalized spacial score (nSPS) is 11.8. The lowest BCUT2D eigenvalue weighted by atomic mass is 9.98. The van der Waals surface area contributed by atoms with Gasteiger partial charge in [0.15, 0.2) is 0 Å². The SMILES string of the molecule is CCCCCC/C(=C\CCO)c1ccccc1. The first-order chi connectivity index (χ1) is 8.38. The van der Waals surface area contributed by atoms with Crippen molar-refractivity contribution in [3.05, 3.63) is 42.0 Å². The molecular weight excluding hydrogens is 208 g/mol. The zero-order chi connectivity index (χ0) is 12.3. The number of hydrogen-bond acceptors (Lipinski definition) is 1. The predicted molar refractivity (Wildman–Crippen MR) is 74.9 cm³/mol.